The van der Waals surface area contributed by atoms with Crippen molar-refractivity contribution in [3.05, 3.63) is 17.0 Å². The maximum atomic E-state index is 5.74. The zero-order valence-corrected chi connectivity index (χ0v) is 12.5. The van der Waals surface area contributed by atoms with Crippen LogP contribution in [0.5, 0.6) is 0 Å². The molecule has 2 rings (SSSR count). The number of aryl methyl sites for hydroxylation is 1. The minimum Gasteiger partial charge on any atom is -0.248 e. The van der Waals surface area contributed by atoms with E-state index < -0.39 is 0 Å². The molecule has 0 spiro atoms. The topological polar surface area (TPSA) is 43.6 Å². The lowest BCUT2D eigenvalue weighted by atomic mass is 10.4. The van der Waals surface area contributed by atoms with Crippen LogP contribution in [-0.4, -0.2) is 19.5 Å². The van der Waals surface area contributed by atoms with Gasteiger partial charge in [0.25, 0.3) is 0 Å². The average Bonchev–Trinajstić information content (AvgIpc) is 2.58. The van der Waals surface area contributed by atoms with E-state index in [-0.39, 0.29) is 0 Å². The summed E-state index contributed by atoms with van der Waals surface area (Å²) in [6.07, 6.45) is 2.06. The Morgan fingerprint density at radius 3 is 2.73 bits per heavy atom. The first kappa shape index (κ1) is 13.1. The number of fused-ring (bicyclic) bond motifs is 1. The summed E-state index contributed by atoms with van der Waals surface area (Å²) < 4.78 is 1.81. The van der Waals surface area contributed by atoms with Gasteiger partial charge in [-0.1, -0.05) is 25.4 Å². The van der Waals surface area contributed by atoms with Gasteiger partial charge in [0.05, 0.1) is 18.3 Å². The molecule has 0 aliphatic rings. The molecule has 0 aliphatic carbocycles. The highest BCUT2D eigenvalue weighted by Crippen LogP contribution is 2.28. The van der Waals surface area contributed by atoms with E-state index in [1.54, 1.807) is 6.20 Å². The molecule has 0 amide bonds. The highest BCUT2D eigenvalue weighted by molar-refractivity contribution is 14.2. The molecule has 0 bridgehead atoms. The molecule has 0 aromatic carbocycles. The van der Waals surface area contributed by atoms with Crippen molar-refractivity contribution >= 4 is 51.2 Å². The molecule has 7 heteroatoms. The fourth-order valence-corrected chi connectivity index (χ4v) is 2.63. The van der Waals surface area contributed by atoms with Crippen LogP contribution in [0.3, 0.4) is 0 Å². The minimum atomic E-state index is 0.406. The summed E-state index contributed by atoms with van der Waals surface area (Å²) in [5.41, 5.74) is 2.48. The molecule has 0 saturated carbocycles. The van der Waals surface area contributed by atoms with E-state index >= 15 is 0 Å². The third-order valence-corrected chi connectivity index (χ3v) is 3.62. The van der Waals surface area contributed by atoms with Crippen molar-refractivity contribution in [3.63, 3.8) is 0 Å². The molecule has 2 aromatic heterocycles. The van der Waals surface area contributed by atoms with Crippen LogP contribution in [0, 0.1) is 6.92 Å². The second-order valence-corrected chi connectivity index (χ2v) is 4.87. The van der Waals surface area contributed by atoms with Crippen molar-refractivity contribution in [2.45, 2.75) is 20.8 Å². The second kappa shape index (κ2) is 5.92. The van der Waals surface area contributed by atoms with Crippen molar-refractivity contribution < 1.29 is 0 Å². The number of halogens is 2. The van der Waals surface area contributed by atoms with Crippen LogP contribution in [0.25, 0.3) is 11.2 Å². The van der Waals surface area contributed by atoms with E-state index in [0.717, 1.165) is 16.9 Å². The van der Waals surface area contributed by atoms with E-state index in [9.17, 15) is 0 Å². The van der Waals surface area contributed by atoms with Crippen LogP contribution in [0.4, 0.5) is 0 Å². The summed E-state index contributed by atoms with van der Waals surface area (Å²) in [5.74, 6) is 0. The van der Waals surface area contributed by atoms with Gasteiger partial charge < -0.3 is 0 Å². The van der Waals surface area contributed by atoms with Gasteiger partial charge in [0.1, 0.15) is 10.7 Å². The van der Waals surface area contributed by atoms with Gasteiger partial charge in [0, 0.05) is 0 Å². The lowest BCUT2D eigenvalue weighted by molar-refractivity contribution is 0.990. The predicted molar refractivity (Wildman–Crippen MR) is 74.2 cm³/mol. The third-order valence-electron chi connectivity index (χ3n) is 1.60. The monoisotopic (exact) mass is 356 g/mol. The number of rotatable bonds is 1. The highest BCUT2D eigenvalue weighted by Gasteiger charge is 2.09. The Kier molecular flexibility index (Phi) is 5.15. The molecule has 82 valence electrons. The van der Waals surface area contributed by atoms with Crippen LogP contribution in [0.2, 0.25) is 5.15 Å². The van der Waals surface area contributed by atoms with Gasteiger partial charge in [0.15, 0.2) is 5.65 Å². The SMILES string of the molecule is CC.Cc1nn(PI)c2nc(Cl)cnc12. The van der Waals surface area contributed by atoms with Crippen molar-refractivity contribution in [1.29, 1.82) is 0 Å². The first-order chi connectivity index (χ1) is 7.22. The lowest BCUT2D eigenvalue weighted by Gasteiger charge is -1.94. The molecular weight excluding hydrogens is 345 g/mol. The summed E-state index contributed by atoms with van der Waals surface area (Å²) in [6.45, 7) is 5.91. The van der Waals surface area contributed by atoms with Crippen LogP contribution in [0.15, 0.2) is 6.20 Å². The van der Waals surface area contributed by atoms with Gasteiger partial charge in [-0.15, -0.1) is 0 Å². The molecule has 15 heavy (non-hydrogen) atoms. The second-order valence-electron chi connectivity index (χ2n) is 2.45. The van der Waals surface area contributed by atoms with Crippen LogP contribution in [-0.2, 0) is 0 Å². The predicted octanol–water partition coefficient (Wildman–Crippen LogP) is 3.61. The molecule has 0 aliphatic heterocycles. The van der Waals surface area contributed by atoms with Crippen molar-refractivity contribution in [1.82, 2.24) is 19.5 Å². The molecule has 1 unspecified atom stereocenters. The van der Waals surface area contributed by atoms with E-state index in [4.69, 9.17) is 11.6 Å². The number of nitrogens with zero attached hydrogens (tertiary/aromatic N) is 4. The van der Waals surface area contributed by atoms with Gasteiger partial charge in [-0.25, -0.2) is 14.4 Å². The van der Waals surface area contributed by atoms with Crippen molar-refractivity contribution in [3.8, 4) is 0 Å². The standard InChI is InChI=1S/C6H5ClIN4P.C2H6/c1-3-5-6(12(11-3)13-8)10-4(7)2-9-5;1-2/h2,13H,1H3;1-2H3. The Morgan fingerprint density at radius 2 is 2.13 bits per heavy atom. The maximum absolute atomic E-state index is 5.74. The Labute approximate surface area is 108 Å². The smallest absolute Gasteiger partial charge is 0.182 e. The molecule has 0 N–H and O–H groups in total. The molecule has 2 heterocycles. The number of hydrogen-bond acceptors (Lipinski definition) is 3. The fraction of sp³-hybridized carbons (Fsp3) is 0.375. The largest absolute Gasteiger partial charge is 0.248 e. The van der Waals surface area contributed by atoms with Gasteiger partial charge in [-0.3, -0.25) is 0 Å². The van der Waals surface area contributed by atoms with Crippen LogP contribution < -0.4 is 0 Å². The fourth-order valence-electron chi connectivity index (χ4n) is 1.07. The van der Waals surface area contributed by atoms with E-state index in [0.29, 0.717) is 11.5 Å². The Bertz CT molecular complexity index is 459. The maximum Gasteiger partial charge on any atom is 0.182 e. The summed E-state index contributed by atoms with van der Waals surface area (Å²) >= 11 is 7.99. The van der Waals surface area contributed by atoms with E-state index in [1.165, 1.54) is 0 Å². The van der Waals surface area contributed by atoms with Gasteiger partial charge >= 0.3 is 0 Å². The van der Waals surface area contributed by atoms with Gasteiger partial charge in [-0.2, -0.15) is 5.10 Å². The van der Waals surface area contributed by atoms with Crippen LogP contribution >= 0.6 is 40.0 Å². The Hall–Kier alpha value is -0.000000000000000167. The quantitative estimate of drug-likeness (QED) is 0.579. The Morgan fingerprint density at radius 1 is 1.47 bits per heavy atom. The number of hydrogen-bond donors (Lipinski definition) is 0. The molecule has 0 radical (unpaired) electrons. The van der Waals surface area contributed by atoms with Crippen molar-refractivity contribution in [2.75, 3.05) is 0 Å². The zero-order valence-electron chi connectivity index (χ0n) is 8.62. The van der Waals surface area contributed by atoms with Gasteiger partial charge in [-0.05, 0) is 29.0 Å². The molecule has 0 saturated heterocycles. The van der Waals surface area contributed by atoms with Gasteiger partial charge in [0.2, 0.25) is 0 Å². The summed E-state index contributed by atoms with van der Waals surface area (Å²) in [7, 11) is 0. The molecule has 1 atom stereocenters. The molecular formula is C8H11ClIN4P. The minimum absolute atomic E-state index is 0.406. The lowest BCUT2D eigenvalue weighted by Crippen LogP contribution is -1.87. The highest BCUT2D eigenvalue weighted by atomic mass is 127. The Balaban J connectivity index is 0.000000531. The van der Waals surface area contributed by atoms with Crippen molar-refractivity contribution in [2.24, 2.45) is 0 Å². The summed E-state index contributed by atoms with van der Waals surface area (Å²) in [4.78, 5) is 8.35. The first-order valence-electron chi connectivity index (χ1n) is 4.47. The zero-order chi connectivity index (χ0) is 11.4. The van der Waals surface area contributed by atoms with E-state index in [2.05, 4.69) is 37.1 Å². The van der Waals surface area contributed by atoms with E-state index in [1.807, 2.05) is 25.2 Å². The normalized spacial score (nSPS) is 10.7. The summed E-state index contributed by atoms with van der Waals surface area (Å²) in [5, 5.41) is 4.69. The molecule has 0 fully saturated rings. The molecule has 4 nitrogen and oxygen atoms in total. The molecule has 2 aromatic rings. The third kappa shape index (κ3) is 2.77. The first-order valence-corrected chi connectivity index (χ1v) is 8.91. The average molecular weight is 357 g/mol. The van der Waals surface area contributed by atoms with Crippen LogP contribution in [0.1, 0.15) is 19.5 Å². The number of aromatic nitrogens is 4. The summed E-state index contributed by atoms with van der Waals surface area (Å²) in [6, 6.07) is 0.